The molecule has 1 unspecified atom stereocenters. The van der Waals surface area contributed by atoms with Gasteiger partial charge >= 0.3 is 0 Å². The summed E-state index contributed by atoms with van der Waals surface area (Å²) in [7, 11) is 3.94. The molecule has 0 spiro atoms. The summed E-state index contributed by atoms with van der Waals surface area (Å²) in [5.41, 5.74) is 0.992. The van der Waals surface area contributed by atoms with Gasteiger partial charge in [0.15, 0.2) is 0 Å². The van der Waals surface area contributed by atoms with Crippen molar-refractivity contribution in [2.45, 2.75) is 13.0 Å². The number of nitrogens with zero attached hydrogens (tertiary/aromatic N) is 1. The van der Waals surface area contributed by atoms with Gasteiger partial charge in [-0.3, -0.25) is 9.59 Å². The Hall–Kier alpha value is -3.58. The normalized spacial score (nSPS) is 17.5. The van der Waals surface area contributed by atoms with Crippen LogP contribution in [0.3, 0.4) is 0 Å². The van der Waals surface area contributed by atoms with Crippen molar-refractivity contribution in [2.75, 3.05) is 40.4 Å². The molecule has 33 heavy (non-hydrogen) atoms. The molecule has 2 aromatic carbocycles. The summed E-state index contributed by atoms with van der Waals surface area (Å²) < 4.78 is 11.0. The molecule has 0 aromatic heterocycles. The summed E-state index contributed by atoms with van der Waals surface area (Å²) >= 11 is 0. The fourth-order valence-corrected chi connectivity index (χ4v) is 3.72. The minimum absolute atomic E-state index is 0.0299. The van der Waals surface area contributed by atoms with Gasteiger partial charge in [0.05, 0.1) is 39.8 Å². The molecule has 1 aliphatic heterocycles. The number of Topliss-reactive ketones (excluding diaryl/α,β-unsaturated/α-hetero) is 1. The minimum Gasteiger partial charge on any atom is -0.872 e. The molecule has 0 radical (unpaired) electrons. The van der Waals surface area contributed by atoms with Crippen LogP contribution in [0.4, 0.5) is 0 Å². The Labute approximate surface area is 194 Å². The van der Waals surface area contributed by atoms with E-state index < -0.39 is 23.5 Å². The van der Waals surface area contributed by atoms with E-state index in [-0.39, 0.29) is 5.57 Å². The van der Waals surface area contributed by atoms with Crippen molar-refractivity contribution in [3.8, 4) is 11.5 Å². The molecule has 2 aromatic rings. The third kappa shape index (κ3) is 5.43. The average molecular weight is 451 g/mol. The highest BCUT2D eigenvalue weighted by Gasteiger charge is 2.44. The molecule has 1 fully saturated rings. The Balaban J connectivity index is 2.05. The van der Waals surface area contributed by atoms with Gasteiger partial charge in [-0.1, -0.05) is 42.7 Å². The second-order valence-corrected chi connectivity index (χ2v) is 8.06. The maximum Gasteiger partial charge on any atom is 0.295 e. The van der Waals surface area contributed by atoms with E-state index in [2.05, 4.69) is 6.58 Å². The highest BCUT2D eigenvalue weighted by molar-refractivity contribution is 6.46. The third-order valence-corrected chi connectivity index (χ3v) is 5.37. The quantitative estimate of drug-likeness (QED) is 0.253. The van der Waals surface area contributed by atoms with Crippen LogP contribution in [0.5, 0.6) is 11.5 Å². The van der Waals surface area contributed by atoms with E-state index in [4.69, 9.17) is 9.47 Å². The van der Waals surface area contributed by atoms with Gasteiger partial charge in [-0.25, -0.2) is 0 Å². The molecule has 1 amide bonds. The Morgan fingerprint density at radius 3 is 2.24 bits per heavy atom. The van der Waals surface area contributed by atoms with Gasteiger partial charge in [-0.15, -0.1) is 0 Å². The van der Waals surface area contributed by atoms with Gasteiger partial charge in [0.2, 0.25) is 5.78 Å². The fraction of sp³-hybridized carbons (Fsp3) is 0.308. The summed E-state index contributed by atoms with van der Waals surface area (Å²) in [5, 5.41) is 13.4. The topological polar surface area (TPSA) is 83.3 Å². The molecule has 7 heteroatoms. The molecule has 1 heterocycles. The number of quaternary nitrogens is 1. The van der Waals surface area contributed by atoms with Crippen LogP contribution in [0.25, 0.3) is 5.76 Å². The standard InChI is InChI=1S/C26H30N2O5/c1-5-17-33-21-11-7-18(8-12-21)23-22(25(30)26(31)28(23)16-15-27(3)4)24(29)19-9-13-20(14-10-19)32-6-2/h5,7-14,23,29H,1,6,15-17H2,2-4H3. The van der Waals surface area contributed by atoms with Crippen LogP contribution in [0.1, 0.15) is 24.1 Å². The zero-order valence-corrected chi connectivity index (χ0v) is 19.3. The smallest absolute Gasteiger partial charge is 0.295 e. The number of rotatable bonds is 10. The third-order valence-electron chi connectivity index (χ3n) is 5.37. The Morgan fingerprint density at radius 1 is 1.06 bits per heavy atom. The maximum atomic E-state index is 13.4. The van der Waals surface area contributed by atoms with E-state index in [1.165, 1.54) is 4.90 Å². The van der Waals surface area contributed by atoms with Gasteiger partial charge in [0, 0.05) is 5.57 Å². The predicted octanol–water partition coefficient (Wildman–Crippen LogP) is 1.02. The van der Waals surface area contributed by atoms with Crippen molar-refractivity contribution in [1.82, 2.24) is 4.90 Å². The Kier molecular flexibility index (Phi) is 7.90. The van der Waals surface area contributed by atoms with Gasteiger partial charge in [0.1, 0.15) is 18.1 Å². The predicted molar refractivity (Wildman–Crippen MR) is 124 cm³/mol. The van der Waals surface area contributed by atoms with E-state index in [0.29, 0.717) is 48.9 Å². The SMILES string of the molecule is C=CCOc1ccc(C2C(=C([O-])c3ccc(OCC)cc3)C(=O)C(=O)N2CC[NH+](C)C)cc1. The van der Waals surface area contributed by atoms with Crippen LogP contribution in [-0.4, -0.2) is 57.0 Å². The number of amides is 1. The number of benzene rings is 2. The molecular weight excluding hydrogens is 420 g/mol. The van der Waals surface area contributed by atoms with Gasteiger partial charge in [0.25, 0.3) is 5.91 Å². The van der Waals surface area contributed by atoms with Gasteiger partial charge < -0.3 is 24.4 Å². The first-order valence-corrected chi connectivity index (χ1v) is 11.0. The number of nitrogens with one attached hydrogen (secondary N) is 1. The van der Waals surface area contributed by atoms with Crippen LogP contribution >= 0.6 is 0 Å². The Morgan fingerprint density at radius 2 is 1.67 bits per heavy atom. The number of ketones is 1. The molecule has 3 rings (SSSR count). The molecule has 1 saturated heterocycles. The van der Waals surface area contributed by atoms with Crippen LogP contribution in [-0.2, 0) is 9.59 Å². The zero-order valence-electron chi connectivity index (χ0n) is 19.3. The van der Waals surface area contributed by atoms with Crippen LogP contribution < -0.4 is 19.5 Å². The maximum absolute atomic E-state index is 13.4. The minimum atomic E-state index is -0.753. The van der Waals surface area contributed by atoms with E-state index >= 15 is 0 Å². The molecule has 0 bridgehead atoms. The number of hydrogen-bond acceptors (Lipinski definition) is 5. The van der Waals surface area contributed by atoms with Crippen molar-refractivity contribution in [3.05, 3.63) is 77.9 Å². The summed E-state index contributed by atoms with van der Waals surface area (Å²) in [5.74, 6) is -0.580. The van der Waals surface area contributed by atoms with Crippen molar-refractivity contribution in [2.24, 2.45) is 0 Å². The second kappa shape index (κ2) is 10.8. The number of carbonyl (C=O) groups excluding carboxylic acids is 2. The highest BCUT2D eigenvalue weighted by atomic mass is 16.5. The average Bonchev–Trinajstić information content (AvgIpc) is 3.06. The number of likely N-dealkylation sites (N-methyl/N-ethyl adjacent to an activating group) is 1. The zero-order chi connectivity index (χ0) is 24.0. The fourth-order valence-electron chi connectivity index (χ4n) is 3.72. The second-order valence-electron chi connectivity index (χ2n) is 8.06. The lowest BCUT2D eigenvalue weighted by atomic mass is 9.95. The number of carbonyl (C=O) groups is 2. The summed E-state index contributed by atoms with van der Waals surface area (Å²) in [6.45, 7) is 7.38. The Bertz CT molecular complexity index is 1030. The molecule has 1 N–H and O–H groups in total. The van der Waals surface area contributed by atoms with Crippen molar-refractivity contribution >= 4 is 17.4 Å². The monoisotopic (exact) mass is 450 g/mol. The van der Waals surface area contributed by atoms with Gasteiger partial charge in [-0.2, -0.15) is 0 Å². The molecule has 0 aliphatic carbocycles. The van der Waals surface area contributed by atoms with Gasteiger partial charge in [-0.05, 0) is 42.3 Å². The van der Waals surface area contributed by atoms with Crippen LogP contribution in [0, 0.1) is 0 Å². The molecular formula is C26H30N2O5. The molecule has 0 saturated carbocycles. The lowest BCUT2D eigenvalue weighted by molar-refractivity contribution is -0.857. The number of ether oxygens (including phenoxy) is 2. The van der Waals surface area contributed by atoms with Crippen molar-refractivity contribution in [3.63, 3.8) is 0 Å². The van der Waals surface area contributed by atoms with E-state index in [1.807, 2.05) is 21.0 Å². The van der Waals surface area contributed by atoms with Crippen molar-refractivity contribution < 1.29 is 29.1 Å². The first-order chi connectivity index (χ1) is 15.9. The molecule has 174 valence electrons. The summed E-state index contributed by atoms with van der Waals surface area (Å²) in [6.07, 6.45) is 1.65. The van der Waals surface area contributed by atoms with Crippen molar-refractivity contribution in [1.29, 1.82) is 0 Å². The lowest BCUT2D eigenvalue weighted by Crippen LogP contribution is -3.06. The van der Waals surface area contributed by atoms with Crippen LogP contribution in [0.2, 0.25) is 0 Å². The lowest BCUT2D eigenvalue weighted by Gasteiger charge is -2.28. The van der Waals surface area contributed by atoms with E-state index in [0.717, 1.165) is 4.90 Å². The number of hydrogen-bond donors (Lipinski definition) is 1. The number of likely N-dealkylation sites (tertiary alicyclic amines) is 1. The summed E-state index contributed by atoms with van der Waals surface area (Å²) in [4.78, 5) is 28.6. The van der Waals surface area contributed by atoms with Crippen LogP contribution in [0.15, 0.2) is 66.8 Å². The highest BCUT2D eigenvalue weighted by Crippen LogP contribution is 2.39. The molecule has 1 aliphatic rings. The molecule has 7 nitrogen and oxygen atoms in total. The first-order valence-electron chi connectivity index (χ1n) is 11.0. The molecule has 1 atom stereocenters. The van der Waals surface area contributed by atoms with E-state index in [1.54, 1.807) is 54.6 Å². The largest absolute Gasteiger partial charge is 0.872 e. The first kappa shape index (κ1) is 24.1. The summed E-state index contributed by atoms with van der Waals surface area (Å²) in [6, 6.07) is 13.0. The van der Waals surface area contributed by atoms with E-state index in [9.17, 15) is 14.7 Å².